The van der Waals surface area contributed by atoms with Gasteiger partial charge in [0.1, 0.15) is 5.82 Å². The number of anilines is 1. The SMILES string of the molecule is CCc1nsc(NCc2cccs2)n1. The van der Waals surface area contributed by atoms with Gasteiger partial charge in [-0.2, -0.15) is 4.37 Å². The van der Waals surface area contributed by atoms with Gasteiger partial charge in [0, 0.05) is 22.8 Å². The highest BCUT2D eigenvalue weighted by atomic mass is 32.1. The summed E-state index contributed by atoms with van der Waals surface area (Å²) >= 11 is 3.18. The number of aromatic nitrogens is 2. The Morgan fingerprint density at radius 3 is 3.07 bits per heavy atom. The topological polar surface area (TPSA) is 37.8 Å². The fourth-order valence-electron chi connectivity index (χ4n) is 1.05. The van der Waals surface area contributed by atoms with E-state index in [1.165, 1.54) is 16.4 Å². The van der Waals surface area contributed by atoms with Gasteiger partial charge in [0.15, 0.2) is 0 Å². The molecule has 0 saturated carbocycles. The summed E-state index contributed by atoms with van der Waals surface area (Å²) in [5.74, 6) is 0.920. The molecule has 0 bridgehead atoms. The molecule has 0 aliphatic carbocycles. The van der Waals surface area contributed by atoms with Crippen LogP contribution in [-0.2, 0) is 13.0 Å². The quantitative estimate of drug-likeness (QED) is 0.869. The Morgan fingerprint density at radius 2 is 2.43 bits per heavy atom. The molecule has 0 unspecified atom stereocenters. The van der Waals surface area contributed by atoms with E-state index in [4.69, 9.17) is 0 Å². The van der Waals surface area contributed by atoms with E-state index in [1.807, 2.05) is 0 Å². The van der Waals surface area contributed by atoms with Crippen LogP contribution >= 0.6 is 22.9 Å². The van der Waals surface area contributed by atoms with Crippen molar-refractivity contribution in [3.63, 3.8) is 0 Å². The van der Waals surface area contributed by atoms with Crippen molar-refractivity contribution >= 4 is 28.0 Å². The van der Waals surface area contributed by atoms with Gasteiger partial charge in [0.25, 0.3) is 0 Å². The summed E-state index contributed by atoms with van der Waals surface area (Å²) < 4.78 is 4.21. The molecule has 74 valence electrons. The molecular weight excluding hydrogens is 214 g/mol. The highest BCUT2D eigenvalue weighted by molar-refractivity contribution is 7.10. The minimum atomic E-state index is 0.843. The van der Waals surface area contributed by atoms with Crippen molar-refractivity contribution < 1.29 is 0 Å². The van der Waals surface area contributed by atoms with Crippen molar-refractivity contribution in [1.29, 1.82) is 0 Å². The number of hydrogen-bond acceptors (Lipinski definition) is 5. The first kappa shape index (κ1) is 9.61. The van der Waals surface area contributed by atoms with Crippen LogP contribution in [0.2, 0.25) is 0 Å². The molecule has 2 heterocycles. The van der Waals surface area contributed by atoms with Crippen molar-refractivity contribution in [2.24, 2.45) is 0 Å². The van der Waals surface area contributed by atoms with Gasteiger partial charge < -0.3 is 5.32 Å². The highest BCUT2D eigenvalue weighted by Gasteiger charge is 2.01. The fraction of sp³-hybridized carbons (Fsp3) is 0.333. The third-order valence-electron chi connectivity index (χ3n) is 1.78. The first-order valence-corrected chi connectivity index (χ1v) is 6.12. The van der Waals surface area contributed by atoms with Crippen molar-refractivity contribution in [3.05, 3.63) is 28.2 Å². The van der Waals surface area contributed by atoms with Crippen molar-refractivity contribution in [3.8, 4) is 0 Å². The zero-order chi connectivity index (χ0) is 9.80. The lowest BCUT2D eigenvalue weighted by molar-refractivity contribution is 0.994. The molecule has 0 aliphatic heterocycles. The van der Waals surface area contributed by atoms with Gasteiger partial charge in [-0.25, -0.2) is 4.98 Å². The minimum Gasteiger partial charge on any atom is -0.355 e. The van der Waals surface area contributed by atoms with E-state index in [0.29, 0.717) is 0 Å². The summed E-state index contributed by atoms with van der Waals surface area (Å²) in [6.45, 7) is 2.90. The summed E-state index contributed by atoms with van der Waals surface area (Å²) in [5, 5.41) is 6.25. The monoisotopic (exact) mass is 225 g/mol. The zero-order valence-electron chi connectivity index (χ0n) is 7.86. The van der Waals surface area contributed by atoms with Crippen LogP contribution in [0.25, 0.3) is 0 Å². The third-order valence-corrected chi connectivity index (χ3v) is 3.37. The molecule has 0 spiro atoms. The van der Waals surface area contributed by atoms with Crippen LogP contribution in [0, 0.1) is 0 Å². The molecule has 0 fully saturated rings. The standard InChI is InChI=1S/C9H11N3S2/c1-2-8-11-9(14-12-8)10-6-7-4-3-5-13-7/h3-5H,2,6H2,1H3,(H,10,11,12). The molecule has 0 radical (unpaired) electrons. The van der Waals surface area contributed by atoms with Crippen LogP contribution in [0.3, 0.4) is 0 Å². The number of nitrogens with zero attached hydrogens (tertiary/aromatic N) is 2. The van der Waals surface area contributed by atoms with Crippen molar-refractivity contribution in [2.75, 3.05) is 5.32 Å². The summed E-state index contributed by atoms with van der Waals surface area (Å²) in [5.41, 5.74) is 0. The summed E-state index contributed by atoms with van der Waals surface area (Å²) in [7, 11) is 0. The number of rotatable bonds is 4. The van der Waals surface area contributed by atoms with Gasteiger partial charge >= 0.3 is 0 Å². The van der Waals surface area contributed by atoms with E-state index < -0.39 is 0 Å². The second kappa shape index (κ2) is 4.52. The zero-order valence-corrected chi connectivity index (χ0v) is 9.49. The molecule has 2 aromatic heterocycles. The minimum absolute atomic E-state index is 0.843. The van der Waals surface area contributed by atoms with Crippen LogP contribution < -0.4 is 5.32 Å². The van der Waals surface area contributed by atoms with Crippen LogP contribution in [0.4, 0.5) is 5.13 Å². The lowest BCUT2D eigenvalue weighted by Crippen LogP contribution is -1.96. The maximum absolute atomic E-state index is 4.33. The molecule has 0 atom stereocenters. The summed E-state index contributed by atoms with van der Waals surface area (Å²) in [6, 6.07) is 4.17. The first-order valence-electron chi connectivity index (χ1n) is 4.47. The molecule has 0 amide bonds. The Hall–Kier alpha value is -0.940. The molecule has 0 saturated heterocycles. The predicted molar refractivity (Wildman–Crippen MR) is 60.9 cm³/mol. The molecule has 2 rings (SSSR count). The van der Waals surface area contributed by atoms with E-state index in [2.05, 4.69) is 39.1 Å². The Kier molecular flexibility index (Phi) is 3.10. The first-order chi connectivity index (χ1) is 6.88. The van der Waals surface area contributed by atoms with E-state index in [1.54, 1.807) is 11.3 Å². The van der Waals surface area contributed by atoms with Crippen LogP contribution in [-0.4, -0.2) is 9.36 Å². The third kappa shape index (κ3) is 2.30. The summed E-state index contributed by atoms with van der Waals surface area (Å²) in [4.78, 5) is 5.65. The normalized spacial score (nSPS) is 10.4. The van der Waals surface area contributed by atoms with Gasteiger partial charge in [-0.15, -0.1) is 11.3 Å². The van der Waals surface area contributed by atoms with Crippen molar-refractivity contribution in [1.82, 2.24) is 9.36 Å². The van der Waals surface area contributed by atoms with Gasteiger partial charge in [-0.05, 0) is 11.4 Å². The molecule has 2 aromatic rings. The van der Waals surface area contributed by atoms with Gasteiger partial charge in [-0.1, -0.05) is 13.0 Å². The number of nitrogens with one attached hydrogen (secondary N) is 1. The highest BCUT2D eigenvalue weighted by Crippen LogP contribution is 2.14. The largest absolute Gasteiger partial charge is 0.355 e. The molecule has 0 aliphatic rings. The van der Waals surface area contributed by atoms with Crippen LogP contribution in [0.5, 0.6) is 0 Å². The molecular formula is C9H11N3S2. The Bertz CT molecular complexity index is 380. The lowest BCUT2D eigenvalue weighted by atomic mass is 10.5. The molecule has 14 heavy (non-hydrogen) atoms. The van der Waals surface area contributed by atoms with Gasteiger partial charge in [0.05, 0.1) is 6.54 Å². The van der Waals surface area contributed by atoms with E-state index in [0.717, 1.165) is 23.9 Å². The average molecular weight is 225 g/mol. The second-order valence-corrected chi connectivity index (χ2v) is 4.59. The summed E-state index contributed by atoms with van der Waals surface area (Å²) in [6.07, 6.45) is 0.900. The predicted octanol–water partition coefficient (Wildman–Crippen LogP) is 2.77. The number of aryl methyl sites for hydroxylation is 1. The second-order valence-electron chi connectivity index (χ2n) is 2.80. The van der Waals surface area contributed by atoms with Gasteiger partial charge in [-0.3, -0.25) is 0 Å². The molecule has 5 heteroatoms. The van der Waals surface area contributed by atoms with Crippen LogP contribution in [0.1, 0.15) is 17.6 Å². The molecule has 1 N–H and O–H groups in total. The Balaban J connectivity index is 1.92. The lowest BCUT2D eigenvalue weighted by Gasteiger charge is -1.97. The van der Waals surface area contributed by atoms with E-state index in [9.17, 15) is 0 Å². The fourth-order valence-corrected chi connectivity index (χ4v) is 2.33. The Morgan fingerprint density at radius 1 is 1.50 bits per heavy atom. The van der Waals surface area contributed by atoms with E-state index in [-0.39, 0.29) is 0 Å². The molecule has 3 nitrogen and oxygen atoms in total. The average Bonchev–Trinajstić information content (AvgIpc) is 2.86. The molecule has 0 aromatic carbocycles. The van der Waals surface area contributed by atoms with Crippen molar-refractivity contribution in [2.45, 2.75) is 19.9 Å². The maximum Gasteiger partial charge on any atom is 0.202 e. The maximum atomic E-state index is 4.33. The van der Waals surface area contributed by atoms with E-state index >= 15 is 0 Å². The Labute approximate surface area is 91.0 Å². The number of hydrogen-bond donors (Lipinski definition) is 1. The number of thiophene rings is 1. The smallest absolute Gasteiger partial charge is 0.202 e. The van der Waals surface area contributed by atoms with Crippen LogP contribution in [0.15, 0.2) is 17.5 Å². The van der Waals surface area contributed by atoms with Gasteiger partial charge in [0.2, 0.25) is 5.13 Å².